The van der Waals surface area contributed by atoms with Crippen LogP contribution in [0.25, 0.3) is 0 Å². The normalized spacial score (nSPS) is 19.0. The second kappa shape index (κ2) is 10.8. The van der Waals surface area contributed by atoms with E-state index >= 15 is 0 Å². The van der Waals surface area contributed by atoms with Crippen LogP contribution in [0, 0.1) is 0 Å². The third kappa shape index (κ3) is 4.67. The summed E-state index contributed by atoms with van der Waals surface area (Å²) in [5.74, 6) is 1.16. The molecule has 2 aliphatic rings. The molecule has 5 rings (SSSR count). The fourth-order valence-corrected chi connectivity index (χ4v) is 6.20. The number of dihydropyridines is 1. The van der Waals surface area contributed by atoms with Crippen LogP contribution in [-0.4, -0.2) is 33.0 Å². The highest BCUT2D eigenvalue weighted by atomic mass is 32.1. The number of rotatable bonds is 7. The third-order valence-electron chi connectivity index (χ3n) is 7.13. The molecule has 2 aromatic carbocycles. The summed E-state index contributed by atoms with van der Waals surface area (Å²) in [5.41, 5.74) is 4.39. The zero-order chi connectivity index (χ0) is 26.8. The van der Waals surface area contributed by atoms with E-state index in [1.807, 2.05) is 54.8 Å². The highest BCUT2D eigenvalue weighted by molar-refractivity contribution is 7.10. The molecule has 1 aliphatic carbocycles. The molecule has 1 aliphatic heterocycles. The zero-order valence-corrected chi connectivity index (χ0v) is 22.6. The molecule has 0 unspecified atom stereocenters. The van der Waals surface area contributed by atoms with E-state index in [0.717, 1.165) is 21.8 Å². The van der Waals surface area contributed by atoms with Crippen molar-refractivity contribution in [1.82, 2.24) is 5.32 Å². The van der Waals surface area contributed by atoms with Crippen molar-refractivity contribution in [3.05, 3.63) is 93.0 Å². The second-order valence-corrected chi connectivity index (χ2v) is 10.3. The molecule has 0 saturated carbocycles. The van der Waals surface area contributed by atoms with Crippen molar-refractivity contribution in [3.8, 4) is 17.2 Å². The molecule has 7 nitrogen and oxygen atoms in total. The Morgan fingerprint density at radius 1 is 0.947 bits per heavy atom. The molecule has 3 aromatic rings. The van der Waals surface area contributed by atoms with Gasteiger partial charge in [0, 0.05) is 33.8 Å². The van der Waals surface area contributed by atoms with Gasteiger partial charge in [0.2, 0.25) is 0 Å². The number of nitrogens with one attached hydrogen (secondary N) is 2. The summed E-state index contributed by atoms with van der Waals surface area (Å²) in [6.45, 7) is 1.89. The maximum atomic E-state index is 13.8. The van der Waals surface area contributed by atoms with Crippen LogP contribution in [0.5, 0.6) is 17.2 Å². The molecule has 1 amide bonds. The van der Waals surface area contributed by atoms with Gasteiger partial charge in [-0.25, -0.2) is 0 Å². The molecule has 0 spiro atoms. The van der Waals surface area contributed by atoms with Gasteiger partial charge in [-0.1, -0.05) is 24.3 Å². The lowest BCUT2D eigenvalue weighted by atomic mass is 9.73. The van der Waals surface area contributed by atoms with Gasteiger partial charge in [0.15, 0.2) is 17.3 Å². The van der Waals surface area contributed by atoms with Crippen LogP contribution in [0.4, 0.5) is 5.69 Å². The third-order valence-corrected chi connectivity index (χ3v) is 8.07. The van der Waals surface area contributed by atoms with Crippen molar-refractivity contribution >= 4 is 28.7 Å². The van der Waals surface area contributed by atoms with Crippen LogP contribution in [0.2, 0.25) is 0 Å². The van der Waals surface area contributed by atoms with Crippen LogP contribution in [-0.2, 0) is 9.59 Å². The average molecular weight is 531 g/mol. The standard InChI is InChI=1S/C30H30N2O5S/c1-17-27(30(34)32-20-8-5-6-9-23(20)35-2)29(26-10-7-13-38-26)28-21(31-17)14-19(15-22(28)33)18-11-12-24(36-3)25(16-18)37-4/h5-13,16,19,29,31H,14-15H2,1-4H3,(H,32,34)/t19-,29+/m1/s1. The Morgan fingerprint density at radius 3 is 2.42 bits per heavy atom. The Labute approximate surface area is 226 Å². The number of benzene rings is 2. The van der Waals surface area contributed by atoms with Crippen LogP contribution < -0.4 is 24.8 Å². The van der Waals surface area contributed by atoms with Crippen molar-refractivity contribution in [1.29, 1.82) is 0 Å². The summed E-state index contributed by atoms with van der Waals surface area (Å²) in [5, 5.41) is 8.41. The van der Waals surface area contributed by atoms with Crippen LogP contribution in [0.1, 0.15) is 42.0 Å². The number of para-hydroxylation sites is 2. The largest absolute Gasteiger partial charge is 0.495 e. The SMILES string of the molecule is COc1ccccc1NC(=O)C1=C(C)NC2=C(C(=O)C[C@H](c3ccc(OC)c(OC)c3)C2)[C@H]1c1cccs1. The van der Waals surface area contributed by atoms with Gasteiger partial charge in [0.25, 0.3) is 5.91 Å². The van der Waals surface area contributed by atoms with Crippen molar-refractivity contribution in [2.45, 2.75) is 31.6 Å². The molecular formula is C30H30N2O5S. The molecule has 2 N–H and O–H groups in total. The molecular weight excluding hydrogens is 500 g/mol. The molecule has 0 bridgehead atoms. The molecule has 0 radical (unpaired) electrons. The van der Waals surface area contributed by atoms with E-state index in [0.29, 0.717) is 46.9 Å². The number of anilines is 1. The minimum absolute atomic E-state index is 0.0192. The summed E-state index contributed by atoms with van der Waals surface area (Å²) < 4.78 is 16.3. The minimum atomic E-state index is -0.445. The maximum absolute atomic E-state index is 13.8. The first-order valence-electron chi connectivity index (χ1n) is 12.4. The van der Waals surface area contributed by atoms with Gasteiger partial charge in [-0.05, 0) is 60.5 Å². The van der Waals surface area contributed by atoms with Crippen molar-refractivity contribution in [2.75, 3.05) is 26.6 Å². The Hall–Kier alpha value is -4.04. The van der Waals surface area contributed by atoms with Gasteiger partial charge in [-0.2, -0.15) is 0 Å². The predicted octanol–water partition coefficient (Wildman–Crippen LogP) is 5.77. The summed E-state index contributed by atoms with van der Waals surface area (Å²) in [7, 11) is 4.78. The molecule has 196 valence electrons. The van der Waals surface area contributed by atoms with E-state index in [-0.39, 0.29) is 17.6 Å². The number of carbonyl (C=O) groups excluding carboxylic acids is 2. The van der Waals surface area contributed by atoms with Gasteiger partial charge in [0.1, 0.15) is 5.75 Å². The average Bonchev–Trinajstić information content (AvgIpc) is 3.46. The van der Waals surface area contributed by atoms with Gasteiger partial charge < -0.3 is 24.8 Å². The lowest BCUT2D eigenvalue weighted by molar-refractivity contribution is -0.116. The maximum Gasteiger partial charge on any atom is 0.254 e. The number of hydrogen-bond acceptors (Lipinski definition) is 7. The number of thiophene rings is 1. The molecule has 38 heavy (non-hydrogen) atoms. The fourth-order valence-electron chi connectivity index (χ4n) is 5.36. The van der Waals surface area contributed by atoms with E-state index in [1.54, 1.807) is 44.8 Å². The lowest BCUT2D eigenvalue weighted by Crippen LogP contribution is -2.36. The first-order valence-corrected chi connectivity index (χ1v) is 13.3. The van der Waals surface area contributed by atoms with Gasteiger partial charge in [-0.15, -0.1) is 11.3 Å². The van der Waals surface area contributed by atoms with E-state index in [1.165, 1.54) is 0 Å². The molecule has 2 heterocycles. The van der Waals surface area contributed by atoms with Crippen molar-refractivity contribution in [3.63, 3.8) is 0 Å². The monoisotopic (exact) mass is 530 g/mol. The highest BCUT2D eigenvalue weighted by Gasteiger charge is 2.41. The number of ketones is 1. The number of carbonyl (C=O) groups is 2. The number of ether oxygens (including phenoxy) is 3. The molecule has 0 fully saturated rings. The smallest absolute Gasteiger partial charge is 0.254 e. The highest BCUT2D eigenvalue weighted by Crippen LogP contribution is 2.47. The first-order chi connectivity index (χ1) is 18.4. The molecule has 2 atom stereocenters. The van der Waals surface area contributed by atoms with E-state index in [4.69, 9.17) is 14.2 Å². The minimum Gasteiger partial charge on any atom is -0.495 e. The molecule has 0 saturated heterocycles. The number of hydrogen-bond donors (Lipinski definition) is 2. The van der Waals surface area contributed by atoms with E-state index in [2.05, 4.69) is 10.6 Å². The molecule has 1 aromatic heterocycles. The quantitative estimate of drug-likeness (QED) is 0.403. The van der Waals surface area contributed by atoms with Gasteiger partial charge >= 0.3 is 0 Å². The molecule has 8 heteroatoms. The lowest BCUT2D eigenvalue weighted by Gasteiger charge is -2.36. The van der Waals surface area contributed by atoms with Crippen LogP contribution in [0.3, 0.4) is 0 Å². The van der Waals surface area contributed by atoms with Crippen molar-refractivity contribution in [2.24, 2.45) is 0 Å². The number of Topliss-reactive ketones (excluding diaryl/α,β-unsaturated/α-hetero) is 1. The van der Waals surface area contributed by atoms with E-state index < -0.39 is 5.92 Å². The number of allylic oxidation sites excluding steroid dienone is 3. The fraction of sp³-hybridized carbons (Fsp3) is 0.267. The Morgan fingerprint density at radius 2 is 1.71 bits per heavy atom. The topological polar surface area (TPSA) is 85.9 Å². The summed E-state index contributed by atoms with van der Waals surface area (Å²) >= 11 is 1.55. The van der Waals surface area contributed by atoms with Gasteiger partial charge in [0.05, 0.1) is 32.9 Å². The first kappa shape index (κ1) is 25.6. The van der Waals surface area contributed by atoms with E-state index in [9.17, 15) is 9.59 Å². The number of amides is 1. The Kier molecular flexibility index (Phi) is 7.24. The second-order valence-electron chi connectivity index (χ2n) is 9.30. The summed E-state index contributed by atoms with van der Waals surface area (Å²) in [6, 6.07) is 17.0. The number of methoxy groups -OCH3 is 3. The summed E-state index contributed by atoms with van der Waals surface area (Å²) in [6.07, 6.45) is 0.996. The van der Waals surface area contributed by atoms with Crippen LogP contribution >= 0.6 is 11.3 Å². The Bertz CT molecular complexity index is 1440. The zero-order valence-electron chi connectivity index (χ0n) is 21.8. The van der Waals surface area contributed by atoms with Gasteiger partial charge in [-0.3, -0.25) is 9.59 Å². The summed E-state index contributed by atoms with van der Waals surface area (Å²) in [4.78, 5) is 28.5. The van der Waals surface area contributed by atoms with Crippen molar-refractivity contribution < 1.29 is 23.8 Å². The van der Waals surface area contributed by atoms with Crippen LogP contribution in [0.15, 0.2) is 82.5 Å². The predicted molar refractivity (Wildman–Crippen MR) is 148 cm³/mol. The Balaban J connectivity index is 1.51.